The molecule has 6 nitrogen and oxygen atoms in total. The molecule has 6 heteroatoms. The van der Waals surface area contributed by atoms with E-state index in [1.165, 1.54) is 0 Å². The van der Waals surface area contributed by atoms with Crippen LogP contribution >= 0.6 is 0 Å². The van der Waals surface area contributed by atoms with Gasteiger partial charge in [-0.2, -0.15) is 0 Å². The van der Waals surface area contributed by atoms with E-state index in [0.29, 0.717) is 6.29 Å². The first-order valence-electron chi connectivity index (χ1n) is 8.37. The lowest BCUT2D eigenvalue weighted by molar-refractivity contribution is -0.137. The molecule has 0 unspecified atom stereocenters. The van der Waals surface area contributed by atoms with Crippen LogP contribution in [0.1, 0.15) is 40.2 Å². The van der Waals surface area contributed by atoms with Crippen LogP contribution < -0.4 is 5.73 Å². The molecule has 25 heavy (non-hydrogen) atoms. The van der Waals surface area contributed by atoms with Gasteiger partial charge in [-0.15, -0.1) is 0 Å². The molecule has 138 valence electrons. The van der Waals surface area contributed by atoms with Gasteiger partial charge in [-0.1, -0.05) is 44.2 Å². The van der Waals surface area contributed by atoms with Crippen molar-refractivity contribution in [3.63, 3.8) is 0 Å². The fourth-order valence-corrected chi connectivity index (χ4v) is 2.32. The summed E-state index contributed by atoms with van der Waals surface area (Å²) in [7, 11) is 0. The van der Waals surface area contributed by atoms with Gasteiger partial charge < -0.3 is 15.3 Å². The minimum Gasteiger partial charge on any atom is -0.443 e. The number of hydrogen-bond donors (Lipinski definition) is 1. The Hall–Kier alpha value is -2.21. The summed E-state index contributed by atoms with van der Waals surface area (Å²) < 4.78 is 5.31. The first-order chi connectivity index (χ1) is 11.6. The van der Waals surface area contributed by atoms with Crippen molar-refractivity contribution in [2.75, 3.05) is 0 Å². The lowest BCUT2D eigenvalue weighted by atomic mass is 10.0. The third-order valence-electron chi connectivity index (χ3n) is 3.56. The zero-order valence-electron chi connectivity index (χ0n) is 15.6. The molecule has 0 saturated heterocycles. The number of aldehydes is 1. The molecule has 0 bridgehead atoms. The highest BCUT2D eigenvalue weighted by Gasteiger charge is 2.37. The Morgan fingerprint density at radius 1 is 1.20 bits per heavy atom. The average Bonchev–Trinajstić information content (AvgIpc) is 2.50. The molecule has 1 aromatic carbocycles. The van der Waals surface area contributed by atoms with Gasteiger partial charge in [-0.3, -0.25) is 4.79 Å². The molecule has 0 fully saturated rings. The molecule has 2 amide bonds. The highest BCUT2D eigenvalue weighted by molar-refractivity contribution is 5.97. The molecule has 1 rings (SSSR count). The number of imide groups is 1. The Balaban J connectivity index is 3.06. The van der Waals surface area contributed by atoms with Crippen LogP contribution in [-0.2, 0) is 20.7 Å². The normalized spacial score (nSPS) is 13.9. The highest BCUT2D eigenvalue weighted by atomic mass is 16.6. The van der Waals surface area contributed by atoms with Crippen molar-refractivity contribution in [3.8, 4) is 0 Å². The topological polar surface area (TPSA) is 89.7 Å². The monoisotopic (exact) mass is 348 g/mol. The van der Waals surface area contributed by atoms with Crippen LogP contribution in [0.2, 0.25) is 0 Å². The fraction of sp³-hybridized carbons (Fsp3) is 0.526. The van der Waals surface area contributed by atoms with Crippen LogP contribution in [0.25, 0.3) is 0 Å². The number of nitrogens with two attached hydrogens (primary N) is 1. The Bertz CT molecular complexity index is 593. The second-order valence-corrected chi connectivity index (χ2v) is 7.36. The summed E-state index contributed by atoms with van der Waals surface area (Å²) in [6, 6.07) is 7.39. The summed E-state index contributed by atoms with van der Waals surface area (Å²) in [5.41, 5.74) is 6.12. The van der Waals surface area contributed by atoms with Crippen molar-refractivity contribution in [3.05, 3.63) is 35.9 Å². The van der Waals surface area contributed by atoms with E-state index in [4.69, 9.17) is 10.5 Å². The summed E-state index contributed by atoms with van der Waals surface area (Å²) in [6.07, 6.45) is -0.00325. The van der Waals surface area contributed by atoms with Crippen molar-refractivity contribution in [2.24, 2.45) is 11.7 Å². The molecule has 0 aromatic heterocycles. The van der Waals surface area contributed by atoms with Crippen LogP contribution in [0.15, 0.2) is 30.3 Å². The van der Waals surface area contributed by atoms with E-state index in [9.17, 15) is 14.4 Å². The van der Waals surface area contributed by atoms with Gasteiger partial charge in [-0.05, 0) is 38.7 Å². The third kappa shape index (κ3) is 6.31. The van der Waals surface area contributed by atoms with Gasteiger partial charge in [0.25, 0.3) is 0 Å². The molecule has 0 aliphatic rings. The number of ether oxygens (including phenoxy) is 1. The molecule has 2 N–H and O–H groups in total. The van der Waals surface area contributed by atoms with Crippen LogP contribution in [-0.4, -0.2) is 40.9 Å². The lowest BCUT2D eigenvalue weighted by Crippen LogP contribution is -2.55. The molecule has 0 aliphatic carbocycles. The van der Waals surface area contributed by atoms with Gasteiger partial charge in [-0.25, -0.2) is 9.69 Å². The second kappa shape index (κ2) is 8.76. The number of benzene rings is 1. The van der Waals surface area contributed by atoms with Crippen LogP contribution in [0.5, 0.6) is 0 Å². The third-order valence-corrected chi connectivity index (χ3v) is 3.56. The number of carbonyl (C=O) groups excluding carboxylic acids is 3. The van der Waals surface area contributed by atoms with Crippen LogP contribution in [0, 0.1) is 5.92 Å². The van der Waals surface area contributed by atoms with E-state index in [1.54, 1.807) is 34.6 Å². The summed E-state index contributed by atoms with van der Waals surface area (Å²) in [4.78, 5) is 37.7. The van der Waals surface area contributed by atoms with Crippen molar-refractivity contribution in [1.29, 1.82) is 0 Å². The van der Waals surface area contributed by atoms with Gasteiger partial charge >= 0.3 is 6.09 Å². The summed E-state index contributed by atoms with van der Waals surface area (Å²) in [6.45, 7) is 8.60. The van der Waals surface area contributed by atoms with Crippen molar-refractivity contribution in [1.82, 2.24) is 4.90 Å². The standard InChI is InChI=1S/C19H28N2O4/c1-13(2)16(12-22)21(18(24)25-19(3,4)5)17(23)15(20)11-14-9-7-6-8-10-14/h6-10,12-13,15-16H,11,20H2,1-5H3/t15-,16+/m0/s1. The number of carbonyl (C=O) groups is 3. The summed E-state index contributed by atoms with van der Waals surface area (Å²) in [5.74, 6) is -0.873. The predicted octanol–water partition coefficient (Wildman–Crippen LogP) is 2.54. The number of hydrogen-bond acceptors (Lipinski definition) is 5. The SMILES string of the molecule is CC(C)[C@@H](C=O)N(C(=O)OC(C)(C)C)C(=O)[C@@H](N)Cc1ccccc1. The van der Waals surface area contributed by atoms with Crippen LogP contribution in [0.3, 0.4) is 0 Å². The van der Waals surface area contributed by atoms with Gasteiger partial charge in [0.1, 0.15) is 17.9 Å². The van der Waals surface area contributed by atoms with Crippen molar-refractivity contribution >= 4 is 18.3 Å². The zero-order valence-corrected chi connectivity index (χ0v) is 15.6. The van der Waals surface area contributed by atoms with Gasteiger partial charge in [0.15, 0.2) is 0 Å². The van der Waals surface area contributed by atoms with E-state index < -0.39 is 29.7 Å². The molecule has 0 aliphatic heterocycles. The van der Waals surface area contributed by atoms with Crippen molar-refractivity contribution in [2.45, 2.75) is 58.7 Å². The quantitative estimate of drug-likeness (QED) is 0.798. The maximum Gasteiger partial charge on any atom is 0.417 e. The van der Waals surface area contributed by atoms with Crippen molar-refractivity contribution < 1.29 is 19.1 Å². The molecular formula is C19H28N2O4. The Morgan fingerprint density at radius 2 is 1.76 bits per heavy atom. The Labute approximate surface area is 149 Å². The van der Waals surface area contributed by atoms with E-state index in [1.807, 2.05) is 30.3 Å². The summed E-state index contributed by atoms with van der Waals surface area (Å²) in [5, 5.41) is 0. The molecule has 0 spiro atoms. The molecule has 0 heterocycles. The predicted molar refractivity (Wildman–Crippen MR) is 95.9 cm³/mol. The smallest absolute Gasteiger partial charge is 0.417 e. The van der Waals surface area contributed by atoms with E-state index in [0.717, 1.165) is 10.5 Å². The number of nitrogens with zero attached hydrogens (tertiary/aromatic N) is 1. The minimum atomic E-state index is -0.948. The average molecular weight is 348 g/mol. The Morgan fingerprint density at radius 3 is 2.20 bits per heavy atom. The number of amides is 2. The largest absolute Gasteiger partial charge is 0.443 e. The second-order valence-electron chi connectivity index (χ2n) is 7.36. The first kappa shape index (κ1) is 20.8. The Kier molecular flexibility index (Phi) is 7.30. The molecule has 2 atom stereocenters. The van der Waals surface area contributed by atoms with Crippen LogP contribution in [0.4, 0.5) is 4.79 Å². The maximum absolute atomic E-state index is 12.8. The molecule has 0 saturated carbocycles. The van der Waals surface area contributed by atoms with Gasteiger partial charge in [0, 0.05) is 0 Å². The highest BCUT2D eigenvalue weighted by Crippen LogP contribution is 2.17. The van der Waals surface area contributed by atoms with Gasteiger partial charge in [0.2, 0.25) is 5.91 Å². The van der Waals surface area contributed by atoms with Gasteiger partial charge in [0.05, 0.1) is 6.04 Å². The number of rotatable bonds is 6. The fourth-order valence-electron chi connectivity index (χ4n) is 2.32. The zero-order chi connectivity index (χ0) is 19.2. The first-order valence-corrected chi connectivity index (χ1v) is 8.37. The summed E-state index contributed by atoms with van der Waals surface area (Å²) >= 11 is 0. The maximum atomic E-state index is 12.8. The van der Waals surface area contributed by atoms with E-state index >= 15 is 0 Å². The van der Waals surface area contributed by atoms with E-state index in [2.05, 4.69) is 0 Å². The molecule has 1 aromatic rings. The lowest BCUT2D eigenvalue weighted by Gasteiger charge is -2.32. The minimum absolute atomic E-state index is 0.252. The molecular weight excluding hydrogens is 320 g/mol. The van der Waals surface area contributed by atoms with E-state index in [-0.39, 0.29) is 12.3 Å². The molecule has 0 radical (unpaired) electrons.